The highest BCUT2D eigenvalue weighted by molar-refractivity contribution is 5.83. The first-order valence-electron chi connectivity index (χ1n) is 5.57. The molecule has 1 N–H and O–H groups in total. The van der Waals surface area contributed by atoms with E-state index >= 15 is 0 Å². The number of rotatable bonds is 5. The van der Waals surface area contributed by atoms with Crippen molar-refractivity contribution < 1.29 is 9.53 Å². The lowest BCUT2D eigenvalue weighted by atomic mass is 10.2. The third kappa shape index (κ3) is 5.12. The molecule has 94 valence electrons. The Kier molecular flexibility index (Phi) is 5.39. The molecule has 0 aromatic heterocycles. The van der Waals surface area contributed by atoms with Gasteiger partial charge in [-0.2, -0.15) is 10.4 Å². The van der Waals surface area contributed by atoms with Gasteiger partial charge >= 0.3 is 0 Å². The second kappa shape index (κ2) is 7.07. The van der Waals surface area contributed by atoms with Crippen LogP contribution in [0.5, 0.6) is 5.75 Å². The maximum Gasteiger partial charge on any atom is 0.254 e. The summed E-state index contributed by atoms with van der Waals surface area (Å²) in [6.45, 7) is 3.92. The van der Waals surface area contributed by atoms with Crippen LogP contribution < -0.4 is 10.2 Å². The van der Waals surface area contributed by atoms with Crippen LogP contribution in [0.15, 0.2) is 29.4 Å². The highest BCUT2D eigenvalue weighted by Crippen LogP contribution is 2.12. The molecule has 0 saturated carbocycles. The van der Waals surface area contributed by atoms with Gasteiger partial charge in [-0.15, -0.1) is 0 Å². The van der Waals surface area contributed by atoms with E-state index < -0.39 is 5.91 Å². The molecule has 0 atom stereocenters. The van der Waals surface area contributed by atoms with Gasteiger partial charge in [0.05, 0.1) is 18.4 Å². The Hall–Kier alpha value is -2.35. The fourth-order valence-electron chi connectivity index (χ4n) is 1.19. The van der Waals surface area contributed by atoms with Gasteiger partial charge in [0.2, 0.25) is 0 Å². The Morgan fingerprint density at radius 1 is 1.50 bits per heavy atom. The van der Waals surface area contributed by atoms with E-state index in [1.807, 2.05) is 38.1 Å². The molecule has 0 aliphatic heterocycles. The number of ether oxygens (including phenoxy) is 1. The van der Waals surface area contributed by atoms with Crippen LogP contribution in [0, 0.1) is 11.3 Å². The molecular weight excluding hydrogens is 230 g/mol. The fraction of sp³-hybridized carbons (Fsp3) is 0.308. The van der Waals surface area contributed by atoms with Gasteiger partial charge in [-0.25, -0.2) is 5.43 Å². The van der Waals surface area contributed by atoms with Crippen molar-refractivity contribution in [3.05, 3.63) is 29.8 Å². The smallest absolute Gasteiger partial charge is 0.254 e. The van der Waals surface area contributed by atoms with E-state index in [0.29, 0.717) is 0 Å². The number of nitriles is 1. The Bertz CT molecular complexity index is 458. The Balaban J connectivity index is 2.51. The van der Waals surface area contributed by atoms with Crippen molar-refractivity contribution in [2.45, 2.75) is 26.4 Å². The maximum atomic E-state index is 10.9. The second-order valence-electron chi connectivity index (χ2n) is 3.86. The fourth-order valence-corrected chi connectivity index (χ4v) is 1.19. The summed E-state index contributed by atoms with van der Waals surface area (Å²) in [5.41, 5.74) is 3.09. The van der Waals surface area contributed by atoms with E-state index in [4.69, 9.17) is 10.00 Å². The van der Waals surface area contributed by atoms with Crippen LogP contribution in [-0.2, 0) is 4.79 Å². The molecule has 0 radical (unpaired) electrons. The number of nitrogens with one attached hydrogen (secondary N) is 1. The molecule has 18 heavy (non-hydrogen) atoms. The van der Waals surface area contributed by atoms with Crippen LogP contribution >= 0.6 is 0 Å². The van der Waals surface area contributed by atoms with Crippen LogP contribution in [0.3, 0.4) is 0 Å². The molecule has 0 bridgehead atoms. The topological polar surface area (TPSA) is 74.5 Å². The standard InChI is InChI=1S/C13H15N3O2/c1-10(2)18-12-5-3-11(4-6-12)9-15-16-13(17)7-8-14/h3-6,9-10H,7H2,1-2H3,(H,16,17). The van der Waals surface area contributed by atoms with Crippen molar-refractivity contribution >= 4 is 12.1 Å². The molecule has 0 unspecified atom stereocenters. The second-order valence-corrected chi connectivity index (χ2v) is 3.86. The zero-order valence-corrected chi connectivity index (χ0v) is 10.4. The first-order valence-corrected chi connectivity index (χ1v) is 5.57. The van der Waals surface area contributed by atoms with E-state index in [2.05, 4.69) is 10.5 Å². The zero-order valence-electron chi connectivity index (χ0n) is 10.4. The molecule has 0 fully saturated rings. The van der Waals surface area contributed by atoms with Crippen LogP contribution in [0.2, 0.25) is 0 Å². The summed E-state index contributed by atoms with van der Waals surface area (Å²) in [4.78, 5) is 10.9. The Labute approximate surface area is 106 Å². The molecule has 0 aliphatic rings. The van der Waals surface area contributed by atoms with Gasteiger partial charge in [-0.1, -0.05) is 0 Å². The van der Waals surface area contributed by atoms with Gasteiger partial charge in [0.15, 0.2) is 0 Å². The van der Waals surface area contributed by atoms with Crippen LogP contribution in [-0.4, -0.2) is 18.2 Å². The molecule has 0 saturated heterocycles. The number of nitrogens with zero attached hydrogens (tertiary/aromatic N) is 2. The molecule has 1 amide bonds. The molecule has 1 aromatic carbocycles. The van der Waals surface area contributed by atoms with Crippen molar-refractivity contribution in [1.82, 2.24) is 5.43 Å². The number of benzene rings is 1. The Morgan fingerprint density at radius 2 is 2.17 bits per heavy atom. The first-order chi connectivity index (χ1) is 8.61. The minimum absolute atomic E-state index is 0.134. The molecule has 0 aliphatic carbocycles. The summed E-state index contributed by atoms with van der Waals surface area (Å²) >= 11 is 0. The summed E-state index contributed by atoms with van der Waals surface area (Å²) < 4.78 is 5.49. The van der Waals surface area contributed by atoms with E-state index in [9.17, 15) is 4.79 Å². The minimum Gasteiger partial charge on any atom is -0.491 e. The lowest BCUT2D eigenvalue weighted by Gasteiger charge is -2.08. The molecule has 0 spiro atoms. The van der Waals surface area contributed by atoms with E-state index in [1.54, 1.807) is 6.07 Å². The molecule has 1 rings (SSSR count). The third-order valence-corrected chi connectivity index (χ3v) is 1.89. The molecule has 0 heterocycles. The number of carbonyl (C=O) groups excluding carboxylic acids is 1. The monoisotopic (exact) mass is 245 g/mol. The van der Waals surface area contributed by atoms with Gasteiger partial charge < -0.3 is 4.74 Å². The van der Waals surface area contributed by atoms with Gasteiger partial charge in [0.1, 0.15) is 12.2 Å². The first kappa shape index (κ1) is 13.7. The number of hydrazone groups is 1. The largest absolute Gasteiger partial charge is 0.491 e. The average molecular weight is 245 g/mol. The van der Waals surface area contributed by atoms with Gasteiger partial charge in [-0.3, -0.25) is 4.79 Å². The normalized spacial score (nSPS) is 10.3. The quantitative estimate of drug-likeness (QED) is 0.635. The number of hydrogen-bond donors (Lipinski definition) is 1. The maximum absolute atomic E-state index is 10.9. The van der Waals surface area contributed by atoms with Crippen molar-refractivity contribution in [2.24, 2.45) is 5.10 Å². The highest BCUT2D eigenvalue weighted by atomic mass is 16.5. The lowest BCUT2D eigenvalue weighted by molar-refractivity contribution is -0.120. The van der Waals surface area contributed by atoms with Crippen molar-refractivity contribution in [1.29, 1.82) is 5.26 Å². The zero-order chi connectivity index (χ0) is 13.4. The van der Waals surface area contributed by atoms with Crippen molar-refractivity contribution in [3.8, 4) is 11.8 Å². The number of carbonyl (C=O) groups is 1. The molecule has 5 heteroatoms. The van der Waals surface area contributed by atoms with Gasteiger partial charge in [-0.05, 0) is 43.7 Å². The SMILES string of the molecule is CC(C)Oc1ccc(C=NNC(=O)CC#N)cc1. The average Bonchev–Trinajstić information content (AvgIpc) is 2.31. The number of amides is 1. The highest BCUT2D eigenvalue weighted by Gasteiger charge is 1.97. The third-order valence-electron chi connectivity index (χ3n) is 1.89. The van der Waals surface area contributed by atoms with Crippen LogP contribution in [0.25, 0.3) is 0 Å². The summed E-state index contributed by atoms with van der Waals surface area (Å²) in [7, 11) is 0. The minimum atomic E-state index is -0.423. The predicted octanol–water partition coefficient (Wildman–Crippen LogP) is 1.84. The van der Waals surface area contributed by atoms with Gasteiger partial charge in [0, 0.05) is 0 Å². The lowest BCUT2D eigenvalue weighted by Crippen LogP contribution is -2.16. The van der Waals surface area contributed by atoms with Crippen LogP contribution in [0.4, 0.5) is 0 Å². The van der Waals surface area contributed by atoms with Gasteiger partial charge in [0.25, 0.3) is 5.91 Å². The summed E-state index contributed by atoms with van der Waals surface area (Å²) in [5, 5.41) is 12.0. The van der Waals surface area contributed by atoms with E-state index in [-0.39, 0.29) is 12.5 Å². The Morgan fingerprint density at radius 3 is 2.72 bits per heavy atom. The molecule has 5 nitrogen and oxygen atoms in total. The summed E-state index contributed by atoms with van der Waals surface area (Å²) in [5.74, 6) is 0.365. The molecular formula is C13H15N3O2. The number of hydrogen-bond acceptors (Lipinski definition) is 4. The van der Waals surface area contributed by atoms with Crippen LogP contribution in [0.1, 0.15) is 25.8 Å². The summed E-state index contributed by atoms with van der Waals surface area (Å²) in [6, 6.07) is 9.06. The van der Waals surface area contributed by atoms with Crippen molar-refractivity contribution in [3.63, 3.8) is 0 Å². The predicted molar refractivity (Wildman–Crippen MR) is 68.2 cm³/mol. The van der Waals surface area contributed by atoms with E-state index in [1.165, 1.54) is 6.21 Å². The van der Waals surface area contributed by atoms with Crippen molar-refractivity contribution in [2.75, 3.05) is 0 Å². The molecule has 1 aromatic rings. The van der Waals surface area contributed by atoms with E-state index in [0.717, 1.165) is 11.3 Å². The summed E-state index contributed by atoms with van der Waals surface area (Å²) in [6.07, 6.45) is 1.45.